The highest BCUT2D eigenvalue weighted by Gasteiger charge is 2.18. The lowest BCUT2D eigenvalue weighted by Gasteiger charge is -2.08. The molecule has 0 atom stereocenters. The Morgan fingerprint density at radius 3 is 2.50 bits per heavy atom. The van der Waals surface area contributed by atoms with Gasteiger partial charge in [-0.2, -0.15) is 0 Å². The lowest BCUT2D eigenvalue weighted by molar-refractivity contribution is 0.103. The van der Waals surface area contributed by atoms with Crippen LogP contribution in [0.1, 0.15) is 21.5 Å². The first kappa shape index (κ1) is 14.7. The first-order valence-electron chi connectivity index (χ1n) is 5.78. The standard InChI is InChI=1S/C15H11BrF2O2/c1-8-3-4-9(5-14(8)20-2)15(19)10-6-13(18)11(16)7-12(10)17/h3-7H,1-2H3. The Hall–Kier alpha value is -1.75. The molecular formula is C15H11BrF2O2. The number of ether oxygens (including phenoxy) is 1. The topological polar surface area (TPSA) is 26.3 Å². The Morgan fingerprint density at radius 2 is 1.85 bits per heavy atom. The number of ketones is 1. The molecule has 2 rings (SSSR count). The van der Waals surface area contributed by atoms with Gasteiger partial charge in [0.05, 0.1) is 17.1 Å². The average Bonchev–Trinajstić information content (AvgIpc) is 2.42. The van der Waals surface area contributed by atoms with Crippen LogP contribution < -0.4 is 4.74 Å². The molecule has 0 saturated heterocycles. The van der Waals surface area contributed by atoms with Gasteiger partial charge in [0.1, 0.15) is 17.4 Å². The summed E-state index contributed by atoms with van der Waals surface area (Å²) < 4.78 is 32.3. The van der Waals surface area contributed by atoms with E-state index in [9.17, 15) is 13.6 Å². The van der Waals surface area contributed by atoms with Crippen molar-refractivity contribution in [2.45, 2.75) is 6.92 Å². The van der Waals surface area contributed by atoms with Crippen molar-refractivity contribution in [3.63, 3.8) is 0 Å². The van der Waals surface area contributed by atoms with E-state index in [2.05, 4.69) is 15.9 Å². The van der Waals surface area contributed by atoms with E-state index in [0.29, 0.717) is 5.75 Å². The smallest absolute Gasteiger partial charge is 0.196 e. The molecule has 0 heterocycles. The predicted molar refractivity (Wildman–Crippen MR) is 75.2 cm³/mol. The molecule has 104 valence electrons. The van der Waals surface area contributed by atoms with Crippen molar-refractivity contribution in [2.24, 2.45) is 0 Å². The average molecular weight is 341 g/mol. The maximum atomic E-state index is 13.8. The van der Waals surface area contributed by atoms with Crippen LogP contribution >= 0.6 is 15.9 Å². The minimum Gasteiger partial charge on any atom is -0.496 e. The number of hydrogen-bond donors (Lipinski definition) is 0. The summed E-state index contributed by atoms with van der Waals surface area (Å²) in [6.07, 6.45) is 0. The maximum Gasteiger partial charge on any atom is 0.196 e. The van der Waals surface area contributed by atoms with Gasteiger partial charge in [-0.05, 0) is 46.6 Å². The fourth-order valence-corrected chi connectivity index (χ4v) is 2.13. The van der Waals surface area contributed by atoms with Gasteiger partial charge in [0.2, 0.25) is 0 Å². The number of aryl methyl sites for hydroxylation is 1. The number of halogens is 3. The van der Waals surface area contributed by atoms with Crippen LogP contribution in [0.3, 0.4) is 0 Å². The third kappa shape index (κ3) is 2.72. The zero-order valence-electron chi connectivity index (χ0n) is 10.8. The summed E-state index contributed by atoms with van der Waals surface area (Å²) in [5.74, 6) is -1.53. The maximum absolute atomic E-state index is 13.8. The van der Waals surface area contributed by atoms with E-state index in [1.54, 1.807) is 12.1 Å². The SMILES string of the molecule is COc1cc(C(=O)c2cc(F)c(Br)cc2F)ccc1C. The summed E-state index contributed by atoms with van der Waals surface area (Å²) >= 11 is 2.87. The zero-order chi connectivity index (χ0) is 14.9. The van der Waals surface area contributed by atoms with Crippen LogP contribution in [0.2, 0.25) is 0 Å². The second-order valence-corrected chi connectivity index (χ2v) is 5.11. The van der Waals surface area contributed by atoms with Gasteiger partial charge in [-0.15, -0.1) is 0 Å². The third-order valence-electron chi connectivity index (χ3n) is 2.92. The van der Waals surface area contributed by atoms with Crippen molar-refractivity contribution in [2.75, 3.05) is 7.11 Å². The Labute approximate surface area is 123 Å². The molecule has 2 nitrogen and oxygen atoms in total. The van der Waals surface area contributed by atoms with Crippen LogP contribution in [0.25, 0.3) is 0 Å². The van der Waals surface area contributed by atoms with Crippen molar-refractivity contribution < 1.29 is 18.3 Å². The Bertz CT molecular complexity index is 684. The molecule has 2 aromatic carbocycles. The first-order chi connectivity index (χ1) is 9.43. The highest BCUT2D eigenvalue weighted by molar-refractivity contribution is 9.10. The van der Waals surface area contributed by atoms with E-state index in [-0.39, 0.29) is 15.6 Å². The largest absolute Gasteiger partial charge is 0.496 e. The van der Waals surface area contributed by atoms with Gasteiger partial charge in [-0.25, -0.2) is 8.78 Å². The summed E-state index contributed by atoms with van der Waals surface area (Å²) in [4.78, 5) is 12.2. The molecule has 0 aliphatic carbocycles. The van der Waals surface area contributed by atoms with Crippen LogP contribution in [0.4, 0.5) is 8.78 Å². The molecule has 20 heavy (non-hydrogen) atoms. The molecule has 0 radical (unpaired) electrons. The summed E-state index contributed by atoms with van der Waals surface area (Å²) in [5, 5.41) is 0. The molecule has 2 aromatic rings. The van der Waals surface area contributed by atoms with Gasteiger partial charge < -0.3 is 4.74 Å². The normalized spacial score (nSPS) is 10.4. The van der Waals surface area contributed by atoms with Gasteiger partial charge in [-0.1, -0.05) is 12.1 Å². The van der Waals surface area contributed by atoms with Gasteiger partial charge in [0.25, 0.3) is 0 Å². The number of benzene rings is 2. The number of rotatable bonds is 3. The van der Waals surface area contributed by atoms with E-state index in [1.807, 2.05) is 6.92 Å². The summed E-state index contributed by atoms with van der Waals surface area (Å²) in [6, 6.07) is 6.58. The van der Waals surface area contributed by atoms with Crippen molar-refractivity contribution in [1.29, 1.82) is 0 Å². The van der Waals surface area contributed by atoms with Crippen molar-refractivity contribution in [1.82, 2.24) is 0 Å². The zero-order valence-corrected chi connectivity index (χ0v) is 12.4. The monoisotopic (exact) mass is 340 g/mol. The van der Waals surface area contributed by atoms with Crippen molar-refractivity contribution in [3.05, 3.63) is 63.1 Å². The highest BCUT2D eigenvalue weighted by Crippen LogP contribution is 2.24. The molecule has 0 saturated carbocycles. The number of carbonyl (C=O) groups excluding carboxylic acids is 1. The predicted octanol–water partition coefficient (Wildman–Crippen LogP) is 4.28. The minimum absolute atomic E-state index is 0.0203. The van der Waals surface area contributed by atoms with E-state index >= 15 is 0 Å². The van der Waals surface area contributed by atoms with Crippen molar-refractivity contribution >= 4 is 21.7 Å². The molecule has 0 aliphatic rings. The van der Waals surface area contributed by atoms with Crippen molar-refractivity contribution in [3.8, 4) is 5.75 Å². The van der Waals surface area contributed by atoms with E-state index in [1.165, 1.54) is 13.2 Å². The highest BCUT2D eigenvalue weighted by atomic mass is 79.9. The van der Waals surface area contributed by atoms with Crippen LogP contribution in [0, 0.1) is 18.6 Å². The fraction of sp³-hybridized carbons (Fsp3) is 0.133. The molecular weight excluding hydrogens is 330 g/mol. The molecule has 0 aromatic heterocycles. The molecule has 0 bridgehead atoms. The number of hydrogen-bond acceptors (Lipinski definition) is 2. The summed E-state index contributed by atoms with van der Waals surface area (Å²) in [7, 11) is 1.48. The molecule has 0 fully saturated rings. The quantitative estimate of drug-likeness (QED) is 0.615. The van der Waals surface area contributed by atoms with Crippen LogP contribution in [0.5, 0.6) is 5.75 Å². The second kappa shape index (κ2) is 5.71. The van der Waals surface area contributed by atoms with Gasteiger partial charge >= 0.3 is 0 Å². The summed E-state index contributed by atoms with van der Waals surface area (Å²) in [5.41, 5.74) is 0.788. The molecule has 0 unspecified atom stereocenters. The first-order valence-corrected chi connectivity index (χ1v) is 6.57. The summed E-state index contributed by atoms with van der Waals surface area (Å²) in [6.45, 7) is 1.83. The van der Waals surface area contributed by atoms with Crippen LogP contribution in [-0.4, -0.2) is 12.9 Å². The Kier molecular flexibility index (Phi) is 4.18. The van der Waals surface area contributed by atoms with E-state index in [0.717, 1.165) is 17.7 Å². The number of carbonyl (C=O) groups is 1. The molecule has 0 amide bonds. The Balaban J connectivity index is 2.49. The van der Waals surface area contributed by atoms with E-state index in [4.69, 9.17) is 4.74 Å². The van der Waals surface area contributed by atoms with E-state index < -0.39 is 17.4 Å². The van der Waals surface area contributed by atoms with Gasteiger partial charge in [0, 0.05) is 5.56 Å². The van der Waals surface area contributed by atoms with Gasteiger partial charge in [-0.3, -0.25) is 4.79 Å². The lowest BCUT2D eigenvalue weighted by atomic mass is 10.0. The van der Waals surface area contributed by atoms with Gasteiger partial charge in [0.15, 0.2) is 5.78 Å². The third-order valence-corrected chi connectivity index (χ3v) is 3.53. The molecule has 0 N–H and O–H groups in total. The second-order valence-electron chi connectivity index (χ2n) is 4.26. The van der Waals surface area contributed by atoms with Crippen LogP contribution in [-0.2, 0) is 0 Å². The molecule has 0 aliphatic heterocycles. The number of methoxy groups -OCH3 is 1. The Morgan fingerprint density at radius 1 is 1.15 bits per heavy atom. The molecule has 0 spiro atoms. The fourth-order valence-electron chi connectivity index (χ4n) is 1.81. The lowest BCUT2D eigenvalue weighted by Crippen LogP contribution is -2.06. The van der Waals surface area contributed by atoms with Crippen LogP contribution in [0.15, 0.2) is 34.8 Å². The minimum atomic E-state index is -0.775. The molecule has 5 heteroatoms.